The van der Waals surface area contributed by atoms with Crippen molar-refractivity contribution in [2.24, 2.45) is 0 Å². The fourth-order valence-electron chi connectivity index (χ4n) is 0.703. The second-order valence-corrected chi connectivity index (χ2v) is 2.30. The molecule has 0 atom stereocenters. The third-order valence-electron chi connectivity index (χ3n) is 1.25. The summed E-state index contributed by atoms with van der Waals surface area (Å²) in [6.45, 7) is 2.02. The van der Waals surface area contributed by atoms with E-state index in [-0.39, 0.29) is 0 Å². The van der Waals surface area contributed by atoms with E-state index < -0.39 is 0 Å². The molecule has 1 nitrogen and oxygen atoms in total. The molecule has 0 radical (unpaired) electrons. The van der Waals surface area contributed by atoms with Gasteiger partial charge < -0.3 is 0 Å². The largest absolute Gasteiger partial charge is 0.264 e. The molecule has 56 valence electrons. The summed E-state index contributed by atoms with van der Waals surface area (Å²) < 4.78 is 0. The molecular formula is C10H11N. The second-order valence-electron chi connectivity index (χ2n) is 2.30. The van der Waals surface area contributed by atoms with E-state index >= 15 is 0 Å². The van der Waals surface area contributed by atoms with Crippen molar-refractivity contribution in [3.63, 3.8) is 0 Å². The van der Waals surface area contributed by atoms with Crippen LogP contribution in [0.25, 0.3) is 0 Å². The van der Waals surface area contributed by atoms with E-state index in [0.29, 0.717) is 0 Å². The lowest BCUT2D eigenvalue weighted by Gasteiger charge is -1.79. The van der Waals surface area contributed by atoms with Crippen LogP contribution in [-0.2, 0) is 0 Å². The predicted molar refractivity (Wildman–Crippen MR) is 46.6 cm³/mol. The lowest BCUT2D eigenvalue weighted by molar-refractivity contribution is 1.30. The molecule has 0 aromatic carbocycles. The Hall–Kier alpha value is -1.37. The molecule has 0 aliphatic carbocycles. The van der Waals surface area contributed by atoms with Crippen LogP contribution in [0.3, 0.4) is 0 Å². The smallest absolute Gasteiger partial charge is 0.0297 e. The van der Waals surface area contributed by atoms with Crippen molar-refractivity contribution in [2.75, 3.05) is 0 Å². The van der Waals surface area contributed by atoms with Gasteiger partial charge in [0.2, 0.25) is 0 Å². The maximum atomic E-state index is 4.05. The summed E-state index contributed by atoms with van der Waals surface area (Å²) in [4.78, 5) is 4.05. The van der Waals surface area contributed by atoms with E-state index in [1.54, 1.807) is 6.20 Å². The maximum Gasteiger partial charge on any atom is 0.0297 e. The van der Waals surface area contributed by atoms with Gasteiger partial charge in [-0.2, -0.15) is 0 Å². The normalized spacial score (nSPS) is 8.45. The Labute approximate surface area is 67.1 Å². The van der Waals surface area contributed by atoms with E-state index in [4.69, 9.17) is 0 Å². The van der Waals surface area contributed by atoms with Crippen molar-refractivity contribution in [1.29, 1.82) is 0 Å². The van der Waals surface area contributed by atoms with Crippen LogP contribution in [0.5, 0.6) is 0 Å². The molecule has 0 saturated heterocycles. The molecule has 11 heavy (non-hydrogen) atoms. The quantitative estimate of drug-likeness (QED) is 0.546. The summed E-state index contributed by atoms with van der Waals surface area (Å²) in [5, 5.41) is 0. The van der Waals surface area contributed by atoms with Crippen molar-refractivity contribution in [3.05, 3.63) is 54.4 Å². The van der Waals surface area contributed by atoms with Crippen LogP contribution >= 0.6 is 0 Å². The summed E-state index contributed by atoms with van der Waals surface area (Å²) in [5.74, 6) is 0. The van der Waals surface area contributed by atoms with Gasteiger partial charge in [-0.15, -0.1) is 0 Å². The SMILES string of the molecule is Cc1cccccccnc1. The van der Waals surface area contributed by atoms with E-state index in [2.05, 4.69) is 4.98 Å². The van der Waals surface area contributed by atoms with Crippen LogP contribution in [0.4, 0.5) is 0 Å². The Morgan fingerprint density at radius 3 is 2.64 bits per heavy atom. The molecule has 1 heterocycles. The third kappa shape index (κ3) is 3.36. The van der Waals surface area contributed by atoms with Gasteiger partial charge in [-0.3, -0.25) is 4.98 Å². The second kappa shape index (κ2) is 4.45. The van der Waals surface area contributed by atoms with Crippen LogP contribution < -0.4 is 0 Å². The molecule has 1 aromatic heterocycles. The van der Waals surface area contributed by atoms with Crippen LogP contribution in [0.15, 0.2) is 48.8 Å². The lowest BCUT2D eigenvalue weighted by atomic mass is 10.3. The highest BCUT2D eigenvalue weighted by atomic mass is 14.6. The zero-order chi connectivity index (χ0) is 7.94. The van der Waals surface area contributed by atoms with Gasteiger partial charge in [-0.25, -0.2) is 0 Å². The van der Waals surface area contributed by atoms with Crippen molar-refractivity contribution >= 4 is 0 Å². The Bertz CT molecular complexity index is 242. The predicted octanol–water partition coefficient (Wildman–Crippen LogP) is 2.51. The highest BCUT2D eigenvalue weighted by Gasteiger charge is 1.70. The number of aryl methyl sites for hydroxylation is 1. The average Bonchev–Trinajstić information content (AvgIpc) is 2.03. The van der Waals surface area contributed by atoms with Gasteiger partial charge in [-0.05, 0) is 18.6 Å². The molecule has 0 saturated carbocycles. The van der Waals surface area contributed by atoms with E-state index in [0.717, 1.165) is 5.56 Å². The highest BCUT2D eigenvalue weighted by Crippen LogP contribution is 1.87. The van der Waals surface area contributed by atoms with Gasteiger partial charge in [-0.1, -0.05) is 30.3 Å². The van der Waals surface area contributed by atoms with Crippen LogP contribution in [0, 0.1) is 6.92 Å². The average molecular weight is 145 g/mol. The molecule has 0 N–H and O–H groups in total. The van der Waals surface area contributed by atoms with Gasteiger partial charge in [0, 0.05) is 12.4 Å². The first-order chi connectivity index (χ1) is 5.39. The highest BCUT2D eigenvalue weighted by molar-refractivity contribution is 5.04. The Balaban J connectivity index is 3.11. The van der Waals surface area contributed by atoms with Gasteiger partial charge in [0.05, 0.1) is 0 Å². The third-order valence-corrected chi connectivity index (χ3v) is 1.25. The molecule has 1 heteroatoms. The van der Waals surface area contributed by atoms with Crippen molar-refractivity contribution in [3.8, 4) is 0 Å². The summed E-state index contributed by atoms with van der Waals surface area (Å²) in [6, 6.07) is 11.8. The minimum atomic E-state index is 1.15. The first-order valence-electron chi connectivity index (χ1n) is 3.59. The lowest BCUT2D eigenvalue weighted by Crippen LogP contribution is -1.65. The van der Waals surface area contributed by atoms with Gasteiger partial charge in [0.15, 0.2) is 0 Å². The van der Waals surface area contributed by atoms with Crippen LogP contribution in [0.1, 0.15) is 5.56 Å². The number of hydrogen-bond acceptors (Lipinski definition) is 1. The molecule has 0 amide bonds. The number of nitrogens with zero attached hydrogens (tertiary/aromatic N) is 1. The minimum Gasteiger partial charge on any atom is -0.264 e. The number of aromatic nitrogens is 1. The van der Waals surface area contributed by atoms with E-state index in [1.807, 2.05) is 49.5 Å². The van der Waals surface area contributed by atoms with Crippen LogP contribution in [-0.4, -0.2) is 4.98 Å². The van der Waals surface area contributed by atoms with Crippen molar-refractivity contribution in [2.45, 2.75) is 6.92 Å². The molecule has 0 aliphatic heterocycles. The zero-order valence-electron chi connectivity index (χ0n) is 6.57. The van der Waals surface area contributed by atoms with Crippen molar-refractivity contribution in [1.82, 2.24) is 4.98 Å². The summed E-state index contributed by atoms with van der Waals surface area (Å²) in [7, 11) is 0. The molecule has 0 aliphatic rings. The molecule has 0 unspecified atom stereocenters. The number of rotatable bonds is 0. The van der Waals surface area contributed by atoms with Crippen molar-refractivity contribution < 1.29 is 0 Å². The Morgan fingerprint density at radius 2 is 1.73 bits per heavy atom. The first-order valence-corrected chi connectivity index (χ1v) is 3.59. The molecule has 0 spiro atoms. The van der Waals surface area contributed by atoms with Gasteiger partial charge in [0.1, 0.15) is 0 Å². The topological polar surface area (TPSA) is 12.9 Å². The molecule has 1 aromatic rings. The van der Waals surface area contributed by atoms with Gasteiger partial charge in [0.25, 0.3) is 0 Å². The monoisotopic (exact) mass is 145 g/mol. The maximum absolute atomic E-state index is 4.05. The molecule has 0 fully saturated rings. The summed E-state index contributed by atoms with van der Waals surface area (Å²) >= 11 is 0. The minimum absolute atomic E-state index is 1.15. The van der Waals surface area contributed by atoms with Crippen LogP contribution in [0.2, 0.25) is 0 Å². The standard InChI is InChI=1S/C10H11N/c1-10-7-5-3-2-4-6-8-11-9-10/h2-9H,1H3. The molecule has 1 rings (SSSR count). The summed E-state index contributed by atoms with van der Waals surface area (Å²) in [5.41, 5.74) is 1.15. The Kier molecular flexibility index (Phi) is 3.13. The molecular weight excluding hydrogens is 134 g/mol. The summed E-state index contributed by atoms with van der Waals surface area (Å²) in [6.07, 6.45) is 3.60. The van der Waals surface area contributed by atoms with E-state index in [1.165, 1.54) is 0 Å². The molecule has 0 bridgehead atoms. The Morgan fingerprint density at radius 1 is 1.00 bits per heavy atom. The van der Waals surface area contributed by atoms with E-state index in [9.17, 15) is 0 Å². The fourth-order valence-corrected chi connectivity index (χ4v) is 0.703. The zero-order valence-corrected chi connectivity index (χ0v) is 6.57. The first kappa shape index (κ1) is 7.73. The fraction of sp³-hybridized carbons (Fsp3) is 0.100. The van der Waals surface area contributed by atoms with Gasteiger partial charge >= 0.3 is 0 Å². The number of hydrogen-bond donors (Lipinski definition) is 0.